The van der Waals surface area contributed by atoms with Gasteiger partial charge in [-0.2, -0.15) is 0 Å². The van der Waals surface area contributed by atoms with Crippen LogP contribution in [-0.4, -0.2) is 49.5 Å². The summed E-state index contributed by atoms with van der Waals surface area (Å²) in [5.41, 5.74) is 0. The van der Waals surface area contributed by atoms with Crippen LogP contribution in [0.3, 0.4) is 0 Å². The predicted molar refractivity (Wildman–Crippen MR) is 80.2 cm³/mol. The van der Waals surface area contributed by atoms with E-state index in [-0.39, 0.29) is 6.61 Å². The SMILES string of the molecule is COCCN(Cc1ccco1)CC(O)COCc1ccco1. The van der Waals surface area contributed by atoms with Crippen molar-refractivity contribution in [3.8, 4) is 0 Å². The molecule has 2 rings (SSSR count). The number of hydrogen-bond donors (Lipinski definition) is 1. The van der Waals surface area contributed by atoms with Crippen LogP contribution in [0.25, 0.3) is 0 Å². The second kappa shape index (κ2) is 9.42. The van der Waals surface area contributed by atoms with Crippen LogP contribution >= 0.6 is 0 Å². The van der Waals surface area contributed by atoms with E-state index in [9.17, 15) is 5.11 Å². The van der Waals surface area contributed by atoms with Crippen molar-refractivity contribution in [1.82, 2.24) is 4.90 Å². The maximum atomic E-state index is 10.1. The number of furan rings is 2. The Morgan fingerprint density at radius 2 is 1.91 bits per heavy atom. The second-order valence-electron chi connectivity index (χ2n) is 5.06. The van der Waals surface area contributed by atoms with Gasteiger partial charge >= 0.3 is 0 Å². The van der Waals surface area contributed by atoms with E-state index < -0.39 is 6.10 Å². The van der Waals surface area contributed by atoms with Gasteiger partial charge in [-0.25, -0.2) is 0 Å². The lowest BCUT2D eigenvalue weighted by Gasteiger charge is -2.23. The number of nitrogens with zero attached hydrogens (tertiary/aromatic N) is 1. The van der Waals surface area contributed by atoms with Crippen LogP contribution in [-0.2, 0) is 22.6 Å². The molecule has 0 aliphatic heterocycles. The van der Waals surface area contributed by atoms with E-state index >= 15 is 0 Å². The molecule has 1 unspecified atom stereocenters. The minimum Gasteiger partial charge on any atom is -0.468 e. The lowest BCUT2D eigenvalue weighted by atomic mass is 10.3. The third-order valence-corrected chi connectivity index (χ3v) is 3.17. The number of aliphatic hydroxyl groups is 1. The zero-order valence-corrected chi connectivity index (χ0v) is 12.8. The number of rotatable bonds is 11. The molecule has 0 aliphatic carbocycles. The smallest absolute Gasteiger partial charge is 0.129 e. The molecule has 0 radical (unpaired) electrons. The fourth-order valence-corrected chi connectivity index (χ4v) is 2.12. The Bertz CT molecular complexity index is 483. The standard InChI is InChI=1S/C16H23NO5/c1-19-9-6-17(11-15-4-2-7-21-15)10-14(18)12-20-13-16-5-3-8-22-16/h2-5,7-8,14,18H,6,9-13H2,1H3. The van der Waals surface area contributed by atoms with Gasteiger partial charge in [-0.1, -0.05) is 0 Å². The van der Waals surface area contributed by atoms with Crippen LogP contribution < -0.4 is 0 Å². The van der Waals surface area contributed by atoms with E-state index in [4.69, 9.17) is 18.3 Å². The Labute approximate surface area is 130 Å². The molecule has 1 atom stereocenters. The first-order valence-electron chi connectivity index (χ1n) is 7.30. The summed E-state index contributed by atoms with van der Waals surface area (Å²) in [6.45, 7) is 3.05. The van der Waals surface area contributed by atoms with Crippen LogP contribution in [0, 0.1) is 0 Å². The molecular weight excluding hydrogens is 286 g/mol. The van der Waals surface area contributed by atoms with Crippen molar-refractivity contribution in [2.45, 2.75) is 19.3 Å². The molecule has 6 nitrogen and oxygen atoms in total. The lowest BCUT2D eigenvalue weighted by molar-refractivity contribution is -0.000484. The van der Waals surface area contributed by atoms with Crippen molar-refractivity contribution in [2.75, 3.05) is 33.4 Å². The third kappa shape index (κ3) is 6.03. The fourth-order valence-electron chi connectivity index (χ4n) is 2.12. The number of hydrogen-bond acceptors (Lipinski definition) is 6. The summed E-state index contributed by atoms with van der Waals surface area (Å²) in [5, 5.41) is 10.1. The van der Waals surface area contributed by atoms with E-state index in [0.717, 1.165) is 11.5 Å². The topological polar surface area (TPSA) is 68.2 Å². The zero-order chi connectivity index (χ0) is 15.6. The van der Waals surface area contributed by atoms with Gasteiger partial charge in [-0.3, -0.25) is 4.90 Å². The Balaban J connectivity index is 1.72. The second-order valence-corrected chi connectivity index (χ2v) is 5.06. The maximum absolute atomic E-state index is 10.1. The molecular formula is C16H23NO5. The van der Waals surface area contributed by atoms with Gasteiger partial charge in [0.2, 0.25) is 0 Å². The van der Waals surface area contributed by atoms with Gasteiger partial charge in [0.05, 0.1) is 38.4 Å². The number of methoxy groups -OCH3 is 1. The Hall–Kier alpha value is -1.60. The van der Waals surface area contributed by atoms with E-state index in [1.165, 1.54) is 0 Å². The van der Waals surface area contributed by atoms with Gasteiger partial charge in [0.25, 0.3) is 0 Å². The molecule has 0 spiro atoms. The summed E-state index contributed by atoms with van der Waals surface area (Å²) < 4.78 is 21.1. The molecule has 22 heavy (non-hydrogen) atoms. The van der Waals surface area contributed by atoms with Crippen molar-refractivity contribution in [3.63, 3.8) is 0 Å². The monoisotopic (exact) mass is 309 g/mol. The molecule has 0 amide bonds. The van der Waals surface area contributed by atoms with Crippen molar-refractivity contribution in [2.24, 2.45) is 0 Å². The number of ether oxygens (including phenoxy) is 2. The van der Waals surface area contributed by atoms with Crippen LogP contribution in [0.2, 0.25) is 0 Å². The molecule has 2 heterocycles. The first kappa shape index (κ1) is 16.8. The van der Waals surface area contributed by atoms with Crippen molar-refractivity contribution >= 4 is 0 Å². The molecule has 0 saturated carbocycles. The molecule has 2 aromatic rings. The van der Waals surface area contributed by atoms with Crippen molar-refractivity contribution < 1.29 is 23.4 Å². The summed E-state index contributed by atoms with van der Waals surface area (Å²) in [6, 6.07) is 7.42. The fraction of sp³-hybridized carbons (Fsp3) is 0.500. The molecule has 0 aliphatic rings. The first-order chi connectivity index (χ1) is 10.8. The minimum absolute atomic E-state index is 0.252. The maximum Gasteiger partial charge on any atom is 0.129 e. The van der Waals surface area contributed by atoms with Gasteiger partial charge in [0.15, 0.2) is 0 Å². The van der Waals surface area contributed by atoms with Gasteiger partial charge in [0.1, 0.15) is 18.1 Å². The van der Waals surface area contributed by atoms with Crippen molar-refractivity contribution in [3.05, 3.63) is 48.3 Å². The molecule has 122 valence electrons. The highest BCUT2D eigenvalue weighted by Crippen LogP contribution is 2.07. The number of aliphatic hydroxyl groups excluding tert-OH is 1. The average Bonchev–Trinajstić information content (AvgIpc) is 3.18. The quantitative estimate of drug-likeness (QED) is 0.684. The Morgan fingerprint density at radius 3 is 2.55 bits per heavy atom. The lowest BCUT2D eigenvalue weighted by Crippen LogP contribution is -2.36. The highest BCUT2D eigenvalue weighted by molar-refractivity contribution is 4.98. The van der Waals surface area contributed by atoms with E-state index in [1.54, 1.807) is 19.6 Å². The summed E-state index contributed by atoms with van der Waals surface area (Å²) in [6.07, 6.45) is 2.67. The van der Waals surface area contributed by atoms with Crippen LogP contribution in [0.15, 0.2) is 45.6 Å². The third-order valence-electron chi connectivity index (χ3n) is 3.17. The molecule has 1 N–H and O–H groups in total. The van der Waals surface area contributed by atoms with Crippen LogP contribution in [0.1, 0.15) is 11.5 Å². The van der Waals surface area contributed by atoms with E-state index in [0.29, 0.717) is 32.8 Å². The molecule has 0 aromatic carbocycles. The highest BCUT2D eigenvalue weighted by atomic mass is 16.5. The normalized spacial score (nSPS) is 12.9. The van der Waals surface area contributed by atoms with Gasteiger partial charge in [-0.15, -0.1) is 0 Å². The zero-order valence-electron chi connectivity index (χ0n) is 12.8. The summed E-state index contributed by atoms with van der Waals surface area (Å²) in [7, 11) is 1.66. The summed E-state index contributed by atoms with van der Waals surface area (Å²) >= 11 is 0. The summed E-state index contributed by atoms with van der Waals surface area (Å²) in [5.74, 6) is 1.61. The summed E-state index contributed by atoms with van der Waals surface area (Å²) in [4.78, 5) is 2.07. The Kier molecular flexibility index (Phi) is 7.18. The molecule has 0 fully saturated rings. The van der Waals surface area contributed by atoms with Crippen LogP contribution in [0.5, 0.6) is 0 Å². The average molecular weight is 309 g/mol. The molecule has 6 heteroatoms. The van der Waals surface area contributed by atoms with Crippen LogP contribution in [0.4, 0.5) is 0 Å². The molecule has 0 saturated heterocycles. The predicted octanol–water partition coefficient (Wildman–Crippen LogP) is 1.90. The van der Waals surface area contributed by atoms with E-state index in [2.05, 4.69) is 4.90 Å². The molecule has 2 aromatic heterocycles. The minimum atomic E-state index is -0.582. The Morgan fingerprint density at radius 1 is 1.18 bits per heavy atom. The van der Waals surface area contributed by atoms with E-state index in [1.807, 2.05) is 24.3 Å². The van der Waals surface area contributed by atoms with Gasteiger partial charge < -0.3 is 23.4 Å². The molecule has 0 bridgehead atoms. The van der Waals surface area contributed by atoms with Crippen molar-refractivity contribution in [1.29, 1.82) is 0 Å². The highest BCUT2D eigenvalue weighted by Gasteiger charge is 2.14. The van der Waals surface area contributed by atoms with Gasteiger partial charge in [0, 0.05) is 20.2 Å². The van der Waals surface area contributed by atoms with Gasteiger partial charge in [-0.05, 0) is 24.3 Å². The largest absolute Gasteiger partial charge is 0.468 e. The first-order valence-corrected chi connectivity index (χ1v) is 7.30.